The summed E-state index contributed by atoms with van der Waals surface area (Å²) in [5.74, 6) is -0.761. The van der Waals surface area contributed by atoms with Gasteiger partial charge in [-0.05, 0) is 0 Å². The van der Waals surface area contributed by atoms with E-state index in [9.17, 15) is 9.90 Å². The molecular formula is C28H26GeO2. The van der Waals surface area contributed by atoms with Crippen molar-refractivity contribution in [3.8, 4) is 0 Å². The van der Waals surface area contributed by atoms with Crippen molar-refractivity contribution in [2.24, 2.45) is 0 Å². The van der Waals surface area contributed by atoms with E-state index in [2.05, 4.69) is 104 Å². The van der Waals surface area contributed by atoms with Crippen LogP contribution in [0.3, 0.4) is 0 Å². The second kappa shape index (κ2) is 9.36. The normalized spacial score (nSPS) is 12.3. The standard InChI is InChI=1S/C28H26GeO2/c1-22-17-19-23(20-18-22)27(21-28(30)31)29(24-11-5-2-6-12-24,25-13-7-3-8-14-25)26-15-9-4-10-16-26/h2-20,27H,21H2,1H3,(H,30,31). The van der Waals surface area contributed by atoms with E-state index in [4.69, 9.17) is 0 Å². The molecule has 0 bridgehead atoms. The molecule has 0 aromatic heterocycles. The Morgan fingerprint density at radius 2 is 1.06 bits per heavy atom. The zero-order valence-electron chi connectivity index (χ0n) is 17.6. The molecule has 154 valence electrons. The molecule has 1 unspecified atom stereocenters. The number of aryl methyl sites for hydroxylation is 1. The average molecular weight is 467 g/mol. The molecule has 31 heavy (non-hydrogen) atoms. The number of aliphatic carboxylic acids is 1. The number of carboxylic acids is 1. The number of hydrogen-bond donors (Lipinski definition) is 1. The third kappa shape index (κ3) is 4.21. The molecule has 0 fully saturated rings. The fourth-order valence-electron chi connectivity index (χ4n) is 4.70. The molecule has 0 saturated carbocycles. The average Bonchev–Trinajstić information content (AvgIpc) is 2.81. The maximum atomic E-state index is 12.2. The summed E-state index contributed by atoms with van der Waals surface area (Å²) in [7, 11) is 0. The first-order chi connectivity index (χ1) is 15.1. The summed E-state index contributed by atoms with van der Waals surface area (Å²) in [6.45, 7) is 2.07. The van der Waals surface area contributed by atoms with Gasteiger partial charge in [0.05, 0.1) is 0 Å². The SMILES string of the molecule is Cc1ccc([CH](CC(=O)O)[Ge]([c]2ccccc2)([c]2ccccc2)[c]2ccccc2)cc1. The van der Waals surface area contributed by atoms with Gasteiger partial charge in [-0.3, -0.25) is 0 Å². The fraction of sp³-hybridized carbons (Fsp3) is 0.107. The first kappa shape index (κ1) is 21.1. The van der Waals surface area contributed by atoms with Crippen LogP contribution in [0.1, 0.15) is 22.3 Å². The fourth-order valence-corrected chi connectivity index (χ4v) is 16.3. The molecule has 0 radical (unpaired) electrons. The van der Waals surface area contributed by atoms with E-state index in [1.54, 1.807) is 0 Å². The van der Waals surface area contributed by atoms with Gasteiger partial charge < -0.3 is 0 Å². The number of benzene rings is 4. The van der Waals surface area contributed by atoms with Gasteiger partial charge in [-0.2, -0.15) is 0 Å². The molecule has 0 aliphatic heterocycles. The maximum absolute atomic E-state index is 12.2. The van der Waals surface area contributed by atoms with Gasteiger partial charge in [0.2, 0.25) is 0 Å². The van der Waals surface area contributed by atoms with Crippen LogP contribution >= 0.6 is 0 Å². The predicted octanol–water partition coefficient (Wildman–Crippen LogP) is 4.26. The second-order valence-corrected chi connectivity index (χ2v) is 16.5. The van der Waals surface area contributed by atoms with Gasteiger partial charge in [-0.1, -0.05) is 0 Å². The van der Waals surface area contributed by atoms with Crippen molar-refractivity contribution in [3.63, 3.8) is 0 Å². The second-order valence-electron chi connectivity index (χ2n) is 7.97. The van der Waals surface area contributed by atoms with E-state index in [0.29, 0.717) is 0 Å². The Morgan fingerprint density at radius 3 is 1.42 bits per heavy atom. The van der Waals surface area contributed by atoms with Crippen LogP contribution in [0.4, 0.5) is 0 Å². The van der Waals surface area contributed by atoms with Crippen LogP contribution in [0, 0.1) is 6.92 Å². The molecule has 4 aromatic rings. The molecule has 3 heteroatoms. The molecule has 2 nitrogen and oxygen atoms in total. The molecule has 0 saturated heterocycles. The van der Waals surface area contributed by atoms with Crippen LogP contribution in [-0.2, 0) is 4.79 Å². The van der Waals surface area contributed by atoms with Crippen LogP contribution < -0.4 is 13.2 Å². The molecule has 0 heterocycles. The summed E-state index contributed by atoms with van der Waals surface area (Å²) in [5.41, 5.74) is 2.28. The van der Waals surface area contributed by atoms with Crippen molar-refractivity contribution >= 4 is 32.4 Å². The molecule has 1 atom stereocenters. The summed E-state index contributed by atoms with van der Waals surface area (Å²) < 4.78 is 3.70. The van der Waals surface area contributed by atoms with Crippen LogP contribution in [0.5, 0.6) is 0 Å². The van der Waals surface area contributed by atoms with Crippen molar-refractivity contribution in [1.29, 1.82) is 0 Å². The van der Waals surface area contributed by atoms with Crippen molar-refractivity contribution < 1.29 is 9.90 Å². The Balaban J connectivity index is 2.11. The van der Waals surface area contributed by atoms with E-state index in [1.165, 1.54) is 18.8 Å². The number of carbonyl (C=O) groups is 1. The van der Waals surface area contributed by atoms with Gasteiger partial charge >= 0.3 is 187 Å². The number of hydrogen-bond acceptors (Lipinski definition) is 1. The molecule has 4 rings (SSSR count). The molecule has 0 aliphatic carbocycles. The Kier molecular flexibility index (Phi) is 6.38. The third-order valence-corrected chi connectivity index (χ3v) is 17.2. The van der Waals surface area contributed by atoms with Crippen LogP contribution in [0.25, 0.3) is 0 Å². The zero-order chi connectivity index (χ0) is 21.7. The van der Waals surface area contributed by atoms with Gasteiger partial charge in [0.15, 0.2) is 0 Å². The number of rotatable bonds is 7. The quantitative estimate of drug-likeness (QED) is 0.413. The Hall–Kier alpha value is -3.11. The summed E-state index contributed by atoms with van der Waals surface area (Å²) in [4.78, 5) is 12.2. The van der Waals surface area contributed by atoms with Crippen LogP contribution in [-0.4, -0.2) is 24.3 Å². The minimum atomic E-state index is -3.49. The summed E-state index contributed by atoms with van der Waals surface area (Å²) in [5, 5.41) is 10.0. The van der Waals surface area contributed by atoms with Gasteiger partial charge in [0.25, 0.3) is 0 Å². The van der Waals surface area contributed by atoms with Crippen molar-refractivity contribution in [1.82, 2.24) is 0 Å². The monoisotopic (exact) mass is 468 g/mol. The minimum absolute atomic E-state index is 0.0990. The van der Waals surface area contributed by atoms with E-state index in [1.807, 2.05) is 18.2 Å². The van der Waals surface area contributed by atoms with Crippen molar-refractivity contribution in [2.45, 2.75) is 18.1 Å². The topological polar surface area (TPSA) is 37.3 Å². The molecule has 0 spiro atoms. The van der Waals surface area contributed by atoms with Gasteiger partial charge in [-0.25, -0.2) is 0 Å². The van der Waals surface area contributed by atoms with Crippen LogP contribution in [0.2, 0.25) is 0 Å². The van der Waals surface area contributed by atoms with E-state index in [0.717, 1.165) is 5.56 Å². The van der Waals surface area contributed by atoms with Crippen LogP contribution in [0.15, 0.2) is 115 Å². The zero-order valence-corrected chi connectivity index (χ0v) is 19.7. The molecule has 4 aromatic carbocycles. The molecule has 0 amide bonds. The van der Waals surface area contributed by atoms with E-state index < -0.39 is 19.2 Å². The van der Waals surface area contributed by atoms with Gasteiger partial charge in [-0.15, -0.1) is 0 Å². The molecular weight excluding hydrogens is 441 g/mol. The first-order valence-corrected chi connectivity index (χ1v) is 14.9. The predicted molar refractivity (Wildman–Crippen MR) is 130 cm³/mol. The Morgan fingerprint density at radius 1 is 0.677 bits per heavy atom. The Labute approximate surface area is 186 Å². The molecule has 1 N–H and O–H groups in total. The number of carboxylic acid groups (broad SMARTS) is 1. The molecule has 0 aliphatic rings. The van der Waals surface area contributed by atoms with Crippen molar-refractivity contribution in [3.05, 3.63) is 126 Å². The van der Waals surface area contributed by atoms with E-state index >= 15 is 0 Å². The first-order valence-electron chi connectivity index (χ1n) is 10.6. The Bertz CT molecular complexity index is 1030. The summed E-state index contributed by atoms with van der Waals surface area (Å²) >= 11 is -3.49. The summed E-state index contributed by atoms with van der Waals surface area (Å²) in [6.07, 6.45) is 0.0990. The summed E-state index contributed by atoms with van der Waals surface area (Å²) in [6, 6.07) is 40.2. The van der Waals surface area contributed by atoms with Gasteiger partial charge in [0.1, 0.15) is 0 Å². The van der Waals surface area contributed by atoms with Crippen molar-refractivity contribution in [2.75, 3.05) is 0 Å². The van der Waals surface area contributed by atoms with Gasteiger partial charge in [0, 0.05) is 0 Å². The third-order valence-electron chi connectivity index (χ3n) is 6.07. The van der Waals surface area contributed by atoms with E-state index in [-0.39, 0.29) is 11.2 Å².